The number of nitrogens with zero attached hydrogens (tertiary/aromatic N) is 2. The van der Waals surface area contributed by atoms with E-state index in [0.717, 1.165) is 31.9 Å². The molecule has 4 heteroatoms. The van der Waals surface area contributed by atoms with E-state index in [-0.39, 0.29) is 11.6 Å². The van der Waals surface area contributed by atoms with E-state index in [1.165, 1.54) is 12.8 Å². The van der Waals surface area contributed by atoms with Crippen LogP contribution in [0.1, 0.15) is 51.9 Å². The summed E-state index contributed by atoms with van der Waals surface area (Å²) in [6, 6.07) is 0.178. The smallest absolute Gasteiger partial charge is 0.128 e. The first-order chi connectivity index (χ1) is 8.71. The second kappa shape index (κ2) is 5.85. The molecule has 0 radical (unpaired) electrons. The molecule has 18 heavy (non-hydrogen) atoms. The highest BCUT2D eigenvalue weighted by molar-refractivity contribution is 5.07. The zero-order valence-corrected chi connectivity index (χ0v) is 11.8. The number of likely N-dealkylation sites (N-methyl/N-ethyl adjacent to an activating group) is 1. The monoisotopic (exact) mass is 251 g/mol. The van der Waals surface area contributed by atoms with Crippen molar-refractivity contribution in [2.24, 2.45) is 0 Å². The van der Waals surface area contributed by atoms with Gasteiger partial charge >= 0.3 is 0 Å². The van der Waals surface area contributed by atoms with Gasteiger partial charge in [-0.1, -0.05) is 6.92 Å². The van der Waals surface area contributed by atoms with E-state index in [4.69, 9.17) is 4.74 Å². The van der Waals surface area contributed by atoms with Crippen molar-refractivity contribution in [3.63, 3.8) is 0 Å². The van der Waals surface area contributed by atoms with E-state index >= 15 is 0 Å². The molecular formula is C14H25N3O. The van der Waals surface area contributed by atoms with Gasteiger partial charge in [-0.15, -0.1) is 0 Å². The summed E-state index contributed by atoms with van der Waals surface area (Å²) in [5, 5.41) is 3.56. The molecule has 2 heterocycles. The van der Waals surface area contributed by atoms with Crippen LogP contribution < -0.4 is 5.32 Å². The molecule has 1 aliphatic heterocycles. The Morgan fingerprint density at radius 1 is 1.50 bits per heavy atom. The van der Waals surface area contributed by atoms with Crippen LogP contribution in [0.2, 0.25) is 0 Å². The van der Waals surface area contributed by atoms with Crippen LogP contribution in [0, 0.1) is 0 Å². The van der Waals surface area contributed by atoms with Gasteiger partial charge in [0, 0.05) is 25.5 Å². The molecule has 1 aromatic heterocycles. The minimum atomic E-state index is -0.132. The van der Waals surface area contributed by atoms with Gasteiger partial charge in [0.2, 0.25) is 0 Å². The van der Waals surface area contributed by atoms with Crippen LogP contribution in [0.25, 0.3) is 0 Å². The summed E-state index contributed by atoms with van der Waals surface area (Å²) in [7, 11) is 0. The Kier molecular flexibility index (Phi) is 4.40. The second-order valence-electron chi connectivity index (χ2n) is 5.18. The fraction of sp³-hybridized carbons (Fsp3) is 0.786. The van der Waals surface area contributed by atoms with E-state index in [2.05, 4.69) is 35.6 Å². The number of aryl methyl sites for hydroxylation is 1. The lowest BCUT2D eigenvalue weighted by atomic mass is 9.87. The largest absolute Gasteiger partial charge is 0.373 e. The summed E-state index contributed by atoms with van der Waals surface area (Å²) in [6.45, 7) is 9.25. The minimum Gasteiger partial charge on any atom is -0.373 e. The van der Waals surface area contributed by atoms with Crippen molar-refractivity contribution in [1.29, 1.82) is 0 Å². The maximum atomic E-state index is 6.09. The summed E-state index contributed by atoms with van der Waals surface area (Å²) >= 11 is 0. The van der Waals surface area contributed by atoms with Crippen LogP contribution in [0.4, 0.5) is 0 Å². The van der Waals surface area contributed by atoms with Gasteiger partial charge in [0.15, 0.2) is 0 Å². The van der Waals surface area contributed by atoms with Crippen LogP contribution in [0.3, 0.4) is 0 Å². The van der Waals surface area contributed by atoms with Crippen molar-refractivity contribution in [1.82, 2.24) is 14.9 Å². The highest BCUT2D eigenvalue weighted by atomic mass is 16.5. The molecule has 1 N–H and O–H groups in total. The van der Waals surface area contributed by atoms with Gasteiger partial charge < -0.3 is 14.6 Å². The van der Waals surface area contributed by atoms with Gasteiger partial charge in [-0.25, -0.2) is 4.98 Å². The fourth-order valence-corrected chi connectivity index (χ4v) is 2.82. The first-order valence-electron chi connectivity index (χ1n) is 7.09. The maximum Gasteiger partial charge on any atom is 0.128 e. The third kappa shape index (κ3) is 2.59. The Labute approximate surface area is 110 Å². The van der Waals surface area contributed by atoms with Crippen LogP contribution in [0.5, 0.6) is 0 Å². The van der Waals surface area contributed by atoms with Crippen molar-refractivity contribution in [2.75, 3.05) is 13.2 Å². The predicted molar refractivity (Wildman–Crippen MR) is 72.5 cm³/mol. The lowest BCUT2D eigenvalue weighted by Crippen LogP contribution is -2.47. The van der Waals surface area contributed by atoms with Crippen molar-refractivity contribution in [3.05, 3.63) is 18.2 Å². The first kappa shape index (κ1) is 13.6. The molecule has 0 saturated carbocycles. The average Bonchev–Trinajstić information content (AvgIpc) is 2.84. The molecular weight excluding hydrogens is 226 g/mol. The molecule has 1 aromatic rings. The highest BCUT2D eigenvalue weighted by Gasteiger charge is 2.39. The second-order valence-corrected chi connectivity index (χ2v) is 5.18. The van der Waals surface area contributed by atoms with Crippen molar-refractivity contribution >= 4 is 0 Å². The van der Waals surface area contributed by atoms with Gasteiger partial charge in [-0.3, -0.25) is 0 Å². The molecule has 0 aliphatic carbocycles. The minimum absolute atomic E-state index is 0.132. The number of hydrogen-bond acceptors (Lipinski definition) is 3. The lowest BCUT2D eigenvalue weighted by molar-refractivity contribution is -0.0917. The molecule has 1 saturated heterocycles. The fourth-order valence-electron chi connectivity index (χ4n) is 2.82. The molecule has 0 aromatic carbocycles. The molecule has 4 nitrogen and oxygen atoms in total. The lowest BCUT2D eigenvalue weighted by Gasteiger charge is -2.40. The maximum absolute atomic E-state index is 6.09. The number of nitrogens with one attached hydrogen (secondary N) is 1. The molecule has 0 amide bonds. The van der Waals surface area contributed by atoms with Crippen molar-refractivity contribution < 1.29 is 4.74 Å². The van der Waals surface area contributed by atoms with Gasteiger partial charge in [0.05, 0.1) is 11.6 Å². The quantitative estimate of drug-likeness (QED) is 0.874. The molecule has 2 rings (SSSR count). The SMILES string of the molecule is CCNC(c1nccn1CC)C1(C)CCCCO1. The standard InChI is InChI=1S/C14H25N3O/c1-4-15-12(13-16-9-10-17(13)5-2)14(3)8-6-7-11-18-14/h9-10,12,15H,4-8,11H2,1-3H3. The van der Waals surface area contributed by atoms with Crippen LogP contribution in [-0.2, 0) is 11.3 Å². The molecule has 1 fully saturated rings. The Bertz CT molecular complexity index is 369. The first-order valence-corrected chi connectivity index (χ1v) is 7.09. The number of ether oxygens (including phenoxy) is 1. The Hall–Kier alpha value is -0.870. The van der Waals surface area contributed by atoms with E-state index in [9.17, 15) is 0 Å². The topological polar surface area (TPSA) is 39.1 Å². The van der Waals surface area contributed by atoms with Gasteiger partial charge in [-0.2, -0.15) is 0 Å². The van der Waals surface area contributed by atoms with Gasteiger partial charge in [0.25, 0.3) is 0 Å². The zero-order chi connectivity index (χ0) is 13.0. The number of aromatic nitrogens is 2. The molecule has 0 bridgehead atoms. The summed E-state index contributed by atoms with van der Waals surface area (Å²) < 4.78 is 8.29. The third-order valence-corrected chi connectivity index (χ3v) is 3.86. The summed E-state index contributed by atoms with van der Waals surface area (Å²) in [4.78, 5) is 4.55. The van der Waals surface area contributed by atoms with E-state index < -0.39 is 0 Å². The van der Waals surface area contributed by atoms with Crippen LogP contribution in [-0.4, -0.2) is 28.3 Å². The Morgan fingerprint density at radius 3 is 2.94 bits per heavy atom. The number of hydrogen-bond donors (Lipinski definition) is 1. The Balaban J connectivity index is 2.27. The normalized spacial score (nSPS) is 26.2. The molecule has 1 aliphatic rings. The average molecular weight is 251 g/mol. The van der Waals surface area contributed by atoms with E-state index in [0.29, 0.717) is 0 Å². The summed E-state index contributed by atoms with van der Waals surface area (Å²) in [5.41, 5.74) is -0.132. The highest BCUT2D eigenvalue weighted by Crippen LogP contribution is 2.35. The molecule has 2 atom stereocenters. The predicted octanol–water partition coefficient (Wildman–Crippen LogP) is 2.51. The molecule has 0 spiro atoms. The third-order valence-electron chi connectivity index (χ3n) is 3.86. The molecule has 2 unspecified atom stereocenters. The Morgan fingerprint density at radius 2 is 2.33 bits per heavy atom. The summed E-state index contributed by atoms with van der Waals surface area (Å²) in [5.74, 6) is 1.10. The summed E-state index contributed by atoms with van der Waals surface area (Å²) in [6.07, 6.45) is 7.45. The number of imidazole rings is 1. The zero-order valence-electron chi connectivity index (χ0n) is 11.8. The molecule has 102 valence electrons. The van der Waals surface area contributed by atoms with Crippen LogP contribution >= 0.6 is 0 Å². The van der Waals surface area contributed by atoms with Gasteiger partial charge in [-0.05, 0) is 39.7 Å². The van der Waals surface area contributed by atoms with Gasteiger partial charge in [0.1, 0.15) is 5.82 Å². The van der Waals surface area contributed by atoms with E-state index in [1.807, 2.05) is 12.4 Å². The van der Waals surface area contributed by atoms with Crippen LogP contribution in [0.15, 0.2) is 12.4 Å². The van der Waals surface area contributed by atoms with Crippen molar-refractivity contribution in [3.8, 4) is 0 Å². The van der Waals surface area contributed by atoms with E-state index in [1.54, 1.807) is 0 Å². The number of rotatable bonds is 5. The van der Waals surface area contributed by atoms with Crippen molar-refractivity contribution in [2.45, 2.75) is 58.2 Å².